The van der Waals surface area contributed by atoms with Crippen LogP contribution < -0.4 is 11.1 Å². The van der Waals surface area contributed by atoms with E-state index >= 15 is 0 Å². The van der Waals surface area contributed by atoms with Gasteiger partial charge in [-0.05, 0) is 41.0 Å². The van der Waals surface area contributed by atoms with Crippen molar-refractivity contribution in [2.75, 3.05) is 19.6 Å². The lowest BCUT2D eigenvalue weighted by Gasteiger charge is -2.32. The van der Waals surface area contributed by atoms with Crippen LogP contribution in [-0.4, -0.2) is 59.5 Å². The molecule has 3 N–H and O–H groups in total. The van der Waals surface area contributed by atoms with E-state index in [1.54, 1.807) is 0 Å². The highest BCUT2D eigenvalue weighted by Crippen LogP contribution is 2.13. The van der Waals surface area contributed by atoms with Crippen molar-refractivity contribution >= 4 is 11.9 Å². The molecule has 0 unspecified atom stereocenters. The minimum absolute atomic E-state index is 0.0289. The maximum atomic E-state index is 12.2. The van der Waals surface area contributed by atoms with Crippen LogP contribution in [0.5, 0.6) is 0 Å². The molecule has 0 radical (unpaired) electrons. The molecule has 22 heavy (non-hydrogen) atoms. The van der Waals surface area contributed by atoms with Gasteiger partial charge in [0.25, 0.3) is 0 Å². The molecule has 3 amide bonds. The van der Waals surface area contributed by atoms with Crippen LogP contribution >= 0.6 is 0 Å². The average Bonchev–Trinajstić information content (AvgIpc) is 2.44. The van der Waals surface area contributed by atoms with E-state index in [-0.39, 0.29) is 30.1 Å². The van der Waals surface area contributed by atoms with Crippen LogP contribution in [0, 0.1) is 0 Å². The molecule has 1 aliphatic heterocycles. The Hall–Kier alpha value is -1.56. The molecule has 6 nitrogen and oxygen atoms in total. The Bertz CT molecular complexity index is 424. The number of carbonyl (C=O) groups is 2. The summed E-state index contributed by atoms with van der Waals surface area (Å²) in [4.78, 5) is 27.3. The molecule has 1 atom stereocenters. The number of amides is 3. The molecule has 0 aromatic heterocycles. The molecule has 1 aliphatic rings. The smallest absolute Gasteiger partial charge is 0.318 e. The van der Waals surface area contributed by atoms with Gasteiger partial charge in [0.05, 0.1) is 6.04 Å². The lowest BCUT2D eigenvalue weighted by Crippen LogP contribution is -2.49. The summed E-state index contributed by atoms with van der Waals surface area (Å²) in [6.45, 7) is 12.0. The second kappa shape index (κ2) is 8.17. The van der Waals surface area contributed by atoms with Crippen molar-refractivity contribution in [2.24, 2.45) is 5.73 Å². The molecule has 0 aromatic carbocycles. The second-order valence-electron chi connectivity index (χ2n) is 6.44. The third-order valence-electron chi connectivity index (χ3n) is 4.11. The van der Waals surface area contributed by atoms with E-state index in [0.717, 1.165) is 13.0 Å². The highest BCUT2D eigenvalue weighted by molar-refractivity contribution is 5.79. The Morgan fingerprint density at radius 2 is 1.86 bits per heavy atom. The fourth-order valence-corrected chi connectivity index (χ4v) is 2.76. The molecular formula is C16H30N4O2. The monoisotopic (exact) mass is 310 g/mol. The molecule has 0 spiro atoms. The first kappa shape index (κ1) is 18.5. The van der Waals surface area contributed by atoms with Gasteiger partial charge in [0.2, 0.25) is 5.91 Å². The van der Waals surface area contributed by atoms with Crippen LogP contribution in [0.1, 0.15) is 41.0 Å². The van der Waals surface area contributed by atoms with E-state index < -0.39 is 0 Å². The molecule has 6 heteroatoms. The van der Waals surface area contributed by atoms with E-state index in [1.807, 2.05) is 44.4 Å². The van der Waals surface area contributed by atoms with Gasteiger partial charge in [0, 0.05) is 31.7 Å². The summed E-state index contributed by atoms with van der Waals surface area (Å²) in [5, 5.41) is 2.99. The first-order valence-corrected chi connectivity index (χ1v) is 8.01. The van der Waals surface area contributed by atoms with Crippen LogP contribution in [0.3, 0.4) is 0 Å². The molecule has 126 valence electrons. The number of urea groups is 1. The van der Waals surface area contributed by atoms with Gasteiger partial charge >= 0.3 is 6.03 Å². The topological polar surface area (TPSA) is 78.7 Å². The first-order valence-electron chi connectivity index (χ1n) is 8.01. The van der Waals surface area contributed by atoms with Crippen molar-refractivity contribution in [3.8, 4) is 0 Å². The summed E-state index contributed by atoms with van der Waals surface area (Å²) in [6.07, 6.45) is 2.93. The Kier molecular flexibility index (Phi) is 6.87. The van der Waals surface area contributed by atoms with Gasteiger partial charge in [-0.3, -0.25) is 9.69 Å². The fourth-order valence-electron chi connectivity index (χ4n) is 2.76. The largest absolute Gasteiger partial charge is 0.368 e. The lowest BCUT2D eigenvalue weighted by atomic mass is 10.1. The molecule has 0 saturated carbocycles. The minimum Gasteiger partial charge on any atom is -0.368 e. The maximum absolute atomic E-state index is 12.2. The Morgan fingerprint density at radius 1 is 1.27 bits per heavy atom. The SMILES string of the molecule is CC(C)N(C(=O)NCC1=CCN([C@@H](C)C(N)=O)CC1)C(C)C. The van der Waals surface area contributed by atoms with Crippen molar-refractivity contribution in [3.63, 3.8) is 0 Å². The zero-order valence-electron chi connectivity index (χ0n) is 14.4. The Morgan fingerprint density at radius 3 is 2.27 bits per heavy atom. The summed E-state index contributed by atoms with van der Waals surface area (Å²) >= 11 is 0. The van der Waals surface area contributed by atoms with E-state index in [0.29, 0.717) is 13.1 Å². The van der Waals surface area contributed by atoms with Crippen molar-refractivity contribution in [1.82, 2.24) is 15.1 Å². The number of nitrogens with zero attached hydrogens (tertiary/aromatic N) is 2. The highest BCUT2D eigenvalue weighted by atomic mass is 16.2. The molecule has 1 heterocycles. The number of hydrogen-bond acceptors (Lipinski definition) is 3. The summed E-state index contributed by atoms with van der Waals surface area (Å²) in [5.41, 5.74) is 6.53. The molecule has 0 bridgehead atoms. The normalized spacial score (nSPS) is 17.3. The van der Waals surface area contributed by atoms with Crippen LogP contribution in [0.4, 0.5) is 4.79 Å². The molecule has 0 aromatic rings. The van der Waals surface area contributed by atoms with Crippen molar-refractivity contribution in [3.05, 3.63) is 11.6 Å². The fraction of sp³-hybridized carbons (Fsp3) is 0.750. The summed E-state index contributed by atoms with van der Waals surface area (Å²) in [7, 11) is 0. The summed E-state index contributed by atoms with van der Waals surface area (Å²) < 4.78 is 0. The quantitative estimate of drug-likeness (QED) is 0.726. The minimum atomic E-state index is -0.297. The standard InChI is InChI=1S/C16H30N4O2/c1-11(2)20(12(3)4)16(22)18-10-14-6-8-19(9-7-14)13(5)15(17)21/h6,11-13H,7-10H2,1-5H3,(H2,17,21)(H,18,22)/t13-/m0/s1. The van der Waals surface area contributed by atoms with Gasteiger partial charge in [-0.2, -0.15) is 0 Å². The van der Waals surface area contributed by atoms with Gasteiger partial charge in [0.15, 0.2) is 0 Å². The predicted octanol–water partition coefficient (Wildman–Crippen LogP) is 1.32. The number of hydrogen-bond donors (Lipinski definition) is 2. The zero-order valence-corrected chi connectivity index (χ0v) is 14.4. The van der Waals surface area contributed by atoms with Crippen molar-refractivity contribution < 1.29 is 9.59 Å². The predicted molar refractivity (Wildman–Crippen MR) is 88.4 cm³/mol. The molecule has 1 rings (SSSR count). The average molecular weight is 310 g/mol. The first-order chi connectivity index (χ1) is 10.2. The third-order valence-corrected chi connectivity index (χ3v) is 4.11. The van der Waals surface area contributed by atoms with Crippen LogP contribution in [0.25, 0.3) is 0 Å². The third kappa shape index (κ3) is 5.02. The highest BCUT2D eigenvalue weighted by Gasteiger charge is 2.22. The second-order valence-corrected chi connectivity index (χ2v) is 6.44. The van der Waals surface area contributed by atoms with Crippen molar-refractivity contribution in [2.45, 2.75) is 59.2 Å². The van der Waals surface area contributed by atoms with E-state index in [1.165, 1.54) is 5.57 Å². The number of nitrogens with one attached hydrogen (secondary N) is 1. The summed E-state index contributed by atoms with van der Waals surface area (Å²) in [5.74, 6) is -0.297. The number of carbonyl (C=O) groups excluding carboxylic acids is 2. The van der Waals surface area contributed by atoms with Crippen LogP contribution in [-0.2, 0) is 4.79 Å². The van der Waals surface area contributed by atoms with Crippen LogP contribution in [0.2, 0.25) is 0 Å². The van der Waals surface area contributed by atoms with Crippen LogP contribution in [0.15, 0.2) is 11.6 Å². The lowest BCUT2D eigenvalue weighted by molar-refractivity contribution is -0.122. The zero-order chi connectivity index (χ0) is 16.9. The van der Waals surface area contributed by atoms with Gasteiger partial charge < -0.3 is 16.0 Å². The number of primary amides is 1. The number of rotatable bonds is 6. The van der Waals surface area contributed by atoms with E-state index in [2.05, 4.69) is 11.4 Å². The molecular weight excluding hydrogens is 280 g/mol. The molecule has 0 aliphatic carbocycles. The van der Waals surface area contributed by atoms with Gasteiger partial charge in [-0.1, -0.05) is 11.6 Å². The number of nitrogens with two attached hydrogens (primary N) is 1. The van der Waals surface area contributed by atoms with Gasteiger partial charge in [-0.25, -0.2) is 4.79 Å². The maximum Gasteiger partial charge on any atom is 0.318 e. The van der Waals surface area contributed by atoms with E-state index in [4.69, 9.17) is 5.73 Å². The van der Waals surface area contributed by atoms with Crippen molar-refractivity contribution in [1.29, 1.82) is 0 Å². The van der Waals surface area contributed by atoms with E-state index in [9.17, 15) is 9.59 Å². The van der Waals surface area contributed by atoms with Gasteiger partial charge in [-0.15, -0.1) is 0 Å². The molecule has 0 saturated heterocycles. The summed E-state index contributed by atoms with van der Waals surface area (Å²) in [6, 6.07) is 0.0723. The Labute approximate surface area is 133 Å². The Balaban J connectivity index is 2.49. The van der Waals surface area contributed by atoms with Gasteiger partial charge in [0.1, 0.15) is 0 Å². The molecule has 0 fully saturated rings.